The number of piperazine rings is 1. The van der Waals surface area contributed by atoms with Gasteiger partial charge in [0, 0.05) is 36.9 Å². The molecule has 0 radical (unpaired) electrons. The molecule has 2 rings (SSSR count). The van der Waals surface area contributed by atoms with Crippen molar-refractivity contribution < 1.29 is 0 Å². The van der Waals surface area contributed by atoms with Gasteiger partial charge in [0.1, 0.15) is 0 Å². The topological polar surface area (TPSA) is 6.48 Å². The molecule has 16 heavy (non-hydrogen) atoms. The highest BCUT2D eigenvalue weighted by atomic mass is 35.5. The minimum absolute atomic E-state index is 0.753. The summed E-state index contributed by atoms with van der Waals surface area (Å²) >= 11 is 5.98. The van der Waals surface area contributed by atoms with E-state index in [9.17, 15) is 0 Å². The Hall–Kier alpha value is -1.17. The molecule has 1 saturated heterocycles. The van der Waals surface area contributed by atoms with Gasteiger partial charge in [-0.15, -0.1) is 6.42 Å². The van der Waals surface area contributed by atoms with Crippen LogP contribution in [-0.2, 0) is 0 Å². The molecular weight excluding hydrogens is 220 g/mol. The fourth-order valence-electron chi connectivity index (χ4n) is 1.97. The average molecular weight is 235 g/mol. The summed E-state index contributed by atoms with van der Waals surface area (Å²) in [5, 5.41) is 0.795. The molecule has 0 N–H and O–H groups in total. The molecule has 0 saturated carbocycles. The van der Waals surface area contributed by atoms with Gasteiger partial charge >= 0.3 is 0 Å². The third-order valence-electron chi connectivity index (χ3n) is 2.86. The Labute approximate surface area is 102 Å². The van der Waals surface area contributed by atoms with E-state index in [1.807, 2.05) is 18.2 Å². The standard InChI is InChI=1S/C13H15ClN2/c1-2-6-15-7-9-16(10-8-15)13-5-3-4-12(14)11-13/h1,3-5,11H,6-10H2. The summed E-state index contributed by atoms with van der Waals surface area (Å²) in [6, 6.07) is 8.01. The van der Waals surface area contributed by atoms with Crippen molar-refractivity contribution in [3.63, 3.8) is 0 Å². The molecule has 2 nitrogen and oxygen atoms in total. The highest BCUT2D eigenvalue weighted by molar-refractivity contribution is 6.30. The smallest absolute Gasteiger partial charge is 0.0600 e. The van der Waals surface area contributed by atoms with Gasteiger partial charge in [-0.05, 0) is 18.2 Å². The van der Waals surface area contributed by atoms with E-state index in [1.54, 1.807) is 0 Å². The second-order valence-electron chi connectivity index (χ2n) is 3.95. The highest BCUT2D eigenvalue weighted by Crippen LogP contribution is 2.20. The van der Waals surface area contributed by atoms with Crippen molar-refractivity contribution in [2.45, 2.75) is 0 Å². The lowest BCUT2D eigenvalue weighted by Gasteiger charge is -2.35. The van der Waals surface area contributed by atoms with Crippen LogP contribution in [0, 0.1) is 12.3 Å². The van der Waals surface area contributed by atoms with Crippen molar-refractivity contribution in [1.29, 1.82) is 0 Å². The maximum absolute atomic E-state index is 5.98. The first-order valence-corrected chi connectivity index (χ1v) is 5.84. The fraction of sp³-hybridized carbons (Fsp3) is 0.385. The molecule has 84 valence electrons. The zero-order valence-corrected chi connectivity index (χ0v) is 9.95. The number of halogens is 1. The normalized spacial score (nSPS) is 17.1. The number of anilines is 1. The molecule has 1 aromatic rings. The van der Waals surface area contributed by atoms with Gasteiger partial charge in [-0.3, -0.25) is 4.90 Å². The number of rotatable bonds is 2. The average Bonchev–Trinajstić information content (AvgIpc) is 2.30. The van der Waals surface area contributed by atoms with Crippen LogP contribution < -0.4 is 4.90 Å². The van der Waals surface area contributed by atoms with Gasteiger partial charge in [-0.25, -0.2) is 0 Å². The van der Waals surface area contributed by atoms with Crippen molar-refractivity contribution in [3.8, 4) is 12.3 Å². The van der Waals surface area contributed by atoms with Crippen LogP contribution in [-0.4, -0.2) is 37.6 Å². The van der Waals surface area contributed by atoms with Crippen LogP contribution >= 0.6 is 11.6 Å². The maximum atomic E-state index is 5.98. The number of hydrogen-bond acceptors (Lipinski definition) is 2. The van der Waals surface area contributed by atoms with Crippen molar-refractivity contribution in [3.05, 3.63) is 29.3 Å². The lowest BCUT2D eigenvalue weighted by Crippen LogP contribution is -2.46. The van der Waals surface area contributed by atoms with Crippen molar-refractivity contribution in [1.82, 2.24) is 4.90 Å². The van der Waals surface area contributed by atoms with Gasteiger partial charge in [0.15, 0.2) is 0 Å². The largest absolute Gasteiger partial charge is 0.369 e. The van der Waals surface area contributed by atoms with E-state index in [4.69, 9.17) is 18.0 Å². The van der Waals surface area contributed by atoms with E-state index in [1.165, 1.54) is 5.69 Å². The van der Waals surface area contributed by atoms with Crippen LogP contribution in [0.1, 0.15) is 0 Å². The van der Waals surface area contributed by atoms with Crippen LogP contribution in [0.4, 0.5) is 5.69 Å². The Morgan fingerprint density at radius 2 is 2.00 bits per heavy atom. The molecule has 0 aliphatic carbocycles. The van der Waals surface area contributed by atoms with E-state index >= 15 is 0 Å². The summed E-state index contributed by atoms with van der Waals surface area (Å²) in [7, 11) is 0. The molecular formula is C13H15ClN2. The monoisotopic (exact) mass is 234 g/mol. The summed E-state index contributed by atoms with van der Waals surface area (Å²) in [5.74, 6) is 2.69. The van der Waals surface area contributed by atoms with Crippen molar-refractivity contribution in [2.75, 3.05) is 37.6 Å². The quantitative estimate of drug-likeness (QED) is 0.724. The van der Waals surface area contributed by atoms with E-state index in [0.29, 0.717) is 0 Å². The van der Waals surface area contributed by atoms with Gasteiger partial charge in [-0.2, -0.15) is 0 Å². The molecule has 0 unspecified atom stereocenters. The molecule has 1 heterocycles. The second kappa shape index (κ2) is 5.25. The van der Waals surface area contributed by atoms with E-state index in [0.717, 1.165) is 37.7 Å². The first-order chi connectivity index (χ1) is 7.79. The molecule has 3 heteroatoms. The number of nitrogens with zero attached hydrogens (tertiary/aromatic N) is 2. The predicted molar refractivity (Wildman–Crippen MR) is 68.9 cm³/mol. The molecule has 0 spiro atoms. The highest BCUT2D eigenvalue weighted by Gasteiger charge is 2.16. The minimum Gasteiger partial charge on any atom is -0.369 e. The van der Waals surface area contributed by atoms with Crippen molar-refractivity contribution >= 4 is 17.3 Å². The summed E-state index contributed by atoms with van der Waals surface area (Å²) in [6.45, 7) is 4.83. The molecule has 0 amide bonds. The molecule has 1 fully saturated rings. The Bertz CT molecular complexity index is 389. The lowest BCUT2D eigenvalue weighted by molar-refractivity contribution is 0.288. The molecule has 0 aromatic heterocycles. The first-order valence-electron chi connectivity index (χ1n) is 5.46. The number of terminal acetylenes is 1. The predicted octanol–water partition coefficient (Wildman–Crippen LogP) is 2.10. The fourth-order valence-corrected chi connectivity index (χ4v) is 2.15. The molecule has 1 aliphatic heterocycles. The molecule has 1 aliphatic rings. The summed E-state index contributed by atoms with van der Waals surface area (Å²) in [4.78, 5) is 4.64. The summed E-state index contributed by atoms with van der Waals surface area (Å²) in [5.41, 5.74) is 1.20. The second-order valence-corrected chi connectivity index (χ2v) is 4.38. The first kappa shape index (κ1) is 11.3. The zero-order chi connectivity index (χ0) is 11.4. The van der Waals surface area contributed by atoms with E-state index in [2.05, 4.69) is 21.8 Å². The van der Waals surface area contributed by atoms with Gasteiger partial charge < -0.3 is 4.90 Å². The third kappa shape index (κ3) is 2.69. The van der Waals surface area contributed by atoms with E-state index < -0.39 is 0 Å². The lowest BCUT2D eigenvalue weighted by atomic mass is 10.2. The SMILES string of the molecule is C#CCN1CCN(c2cccc(Cl)c2)CC1. The molecule has 1 aromatic carbocycles. The van der Waals surface area contributed by atoms with Crippen molar-refractivity contribution in [2.24, 2.45) is 0 Å². The minimum atomic E-state index is 0.753. The van der Waals surface area contributed by atoms with Crippen LogP contribution in [0.2, 0.25) is 5.02 Å². The van der Waals surface area contributed by atoms with Crippen LogP contribution in [0.3, 0.4) is 0 Å². The van der Waals surface area contributed by atoms with Gasteiger partial charge in [0.25, 0.3) is 0 Å². The summed E-state index contributed by atoms with van der Waals surface area (Å²) < 4.78 is 0. The Balaban J connectivity index is 1.97. The van der Waals surface area contributed by atoms with Gasteiger partial charge in [0.05, 0.1) is 6.54 Å². The number of hydrogen-bond donors (Lipinski definition) is 0. The van der Waals surface area contributed by atoms with Gasteiger partial charge in [0.2, 0.25) is 0 Å². The van der Waals surface area contributed by atoms with Crippen LogP contribution in [0.15, 0.2) is 24.3 Å². The van der Waals surface area contributed by atoms with Crippen LogP contribution in [0.5, 0.6) is 0 Å². The Morgan fingerprint density at radius 1 is 1.25 bits per heavy atom. The molecule has 0 atom stereocenters. The third-order valence-corrected chi connectivity index (χ3v) is 3.10. The number of benzene rings is 1. The molecule has 0 bridgehead atoms. The summed E-state index contributed by atoms with van der Waals surface area (Å²) in [6.07, 6.45) is 5.30. The Kier molecular flexibility index (Phi) is 3.71. The maximum Gasteiger partial charge on any atom is 0.0600 e. The zero-order valence-electron chi connectivity index (χ0n) is 9.19. The van der Waals surface area contributed by atoms with Gasteiger partial charge in [-0.1, -0.05) is 23.6 Å². The Morgan fingerprint density at radius 3 is 2.62 bits per heavy atom. The van der Waals surface area contributed by atoms with E-state index in [-0.39, 0.29) is 0 Å². The van der Waals surface area contributed by atoms with Crippen LogP contribution in [0.25, 0.3) is 0 Å².